The Balaban J connectivity index is 2.04. The minimum Gasteiger partial charge on any atom is -0.457 e. The van der Waals surface area contributed by atoms with E-state index in [0.717, 1.165) is 10.0 Å². The Kier molecular flexibility index (Phi) is 4.39. The molecule has 0 aliphatic rings. The molecule has 0 saturated carbocycles. The minimum absolute atomic E-state index is 0.242. The Hall–Kier alpha value is -1.32. The fourth-order valence-corrected chi connectivity index (χ4v) is 2.21. The lowest BCUT2D eigenvalue weighted by Gasteiger charge is -2.06. The second kappa shape index (κ2) is 6.03. The molecule has 0 aliphatic heterocycles. The monoisotopic (exact) mass is 324 g/mol. The standard InChI is InChI=1S/C14H10BrClO2/c15-11-6-7-12(13(16)8-11)14(17)18-9-10-4-2-1-3-5-10/h1-8H,9H2. The number of carbonyl (C=O) groups excluding carboxylic acids is 1. The highest BCUT2D eigenvalue weighted by Crippen LogP contribution is 2.22. The molecule has 4 heteroatoms. The van der Waals surface area contributed by atoms with Crippen LogP contribution >= 0.6 is 27.5 Å². The zero-order valence-corrected chi connectivity index (χ0v) is 11.7. The van der Waals surface area contributed by atoms with E-state index in [9.17, 15) is 4.79 Å². The van der Waals surface area contributed by atoms with E-state index in [2.05, 4.69) is 15.9 Å². The van der Waals surface area contributed by atoms with Gasteiger partial charge >= 0.3 is 5.97 Å². The average molecular weight is 326 g/mol. The van der Waals surface area contributed by atoms with E-state index < -0.39 is 5.97 Å². The van der Waals surface area contributed by atoms with Gasteiger partial charge in [0.25, 0.3) is 0 Å². The maximum atomic E-state index is 11.8. The van der Waals surface area contributed by atoms with Gasteiger partial charge in [-0.25, -0.2) is 4.79 Å². The quantitative estimate of drug-likeness (QED) is 0.779. The van der Waals surface area contributed by atoms with E-state index in [0.29, 0.717) is 10.6 Å². The molecule has 2 aromatic rings. The first-order valence-electron chi connectivity index (χ1n) is 5.33. The van der Waals surface area contributed by atoms with Crippen LogP contribution in [-0.4, -0.2) is 5.97 Å². The number of ether oxygens (including phenoxy) is 1. The number of esters is 1. The molecule has 2 nitrogen and oxygen atoms in total. The van der Waals surface area contributed by atoms with Crippen molar-refractivity contribution in [1.82, 2.24) is 0 Å². The summed E-state index contributed by atoms with van der Waals surface area (Å²) < 4.78 is 6.02. The molecule has 0 amide bonds. The first kappa shape index (κ1) is 13.1. The van der Waals surface area contributed by atoms with E-state index >= 15 is 0 Å². The number of carbonyl (C=O) groups is 1. The molecule has 0 spiro atoms. The summed E-state index contributed by atoms with van der Waals surface area (Å²) in [4.78, 5) is 11.8. The van der Waals surface area contributed by atoms with Crippen molar-refractivity contribution in [3.8, 4) is 0 Å². The highest BCUT2D eigenvalue weighted by Gasteiger charge is 2.11. The van der Waals surface area contributed by atoms with Crippen LogP contribution in [0.1, 0.15) is 15.9 Å². The molecule has 18 heavy (non-hydrogen) atoms. The number of hydrogen-bond donors (Lipinski definition) is 0. The largest absolute Gasteiger partial charge is 0.457 e. The summed E-state index contributed by atoms with van der Waals surface area (Å²) in [5, 5.41) is 0.377. The van der Waals surface area contributed by atoms with Crippen molar-refractivity contribution in [2.75, 3.05) is 0 Å². The van der Waals surface area contributed by atoms with Gasteiger partial charge in [0.05, 0.1) is 10.6 Å². The van der Waals surface area contributed by atoms with E-state index in [1.807, 2.05) is 30.3 Å². The van der Waals surface area contributed by atoms with Gasteiger partial charge in [-0.3, -0.25) is 0 Å². The molecule has 0 aliphatic carbocycles. The van der Waals surface area contributed by atoms with Crippen molar-refractivity contribution in [1.29, 1.82) is 0 Å². The zero-order valence-electron chi connectivity index (χ0n) is 9.40. The predicted octanol–water partition coefficient (Wildman–Crippen LogP) is 4.46. The third-order valence-corrected chi connectivity index (χ3v) is 3.17. The van der Waals surface area contributed by atoms with Gasteiger partial charge in [-0.05, 0) is 23.8 Å². The summed E-state index contributed by atoms with van der Waals surface area (Å²) in [7, 11) is 0. The van der Waals surface area contributed by atoms with Crippen molar-refractivity contribution in [2.24, 2.45) is 0 Å². The van der Waals surface area contributed by atoms with Gasteiger partial charge in [-0.2, -0.15) is 0 Å². The van der Waals surface area contributed by atoms with E-state index in [1.54, 1.807) is 18.2 Å². The summed E-state index contributed by atoms with van der Waals surface area (Å²) in [6.45, 7) is 0.242. The van der Waals surface area contributed by atoms with Crippen molar-refractivity contribution in [3.05, 3.63) is 69.2 Å². The van der Waals surface area contributed by atoms with Crippen molar-refractivity contribution in [2.45, 2.75) is 6.61 Å². The van der Waals surface area contributed by atoms with Crippen LogP contribution in [0.3, 0.4) is 0 Å². The van der Waals surface area contributed by atoms with Crippen molar-refractivity contribution < 1.29 is 9.53 Å². The number of benzene rings is 2. The molecule has 0 fully saturated rings. The van der Waals surface area contributed by atoms with Gasteiger partial charge in [0, 0.05) is 4.47 Å². The molecular weight excluding hydrogens is 316 g/mol. The summed E-state index contributed by atoms with van der Waals surface area (Å²) in [6.07, 6.45) is 0. The van der Waals surface area contributed by atoms with Crippen LogP contribution in [-0.2, 0) is 11.3 Å². The maximum Gasteiger partial charge on any atom is 0.339 e. The topological polar surface area (TPSA) is 26.3 Å². The first-order valence-corrected chi connectivity index (χ1v) is 6.50. The van der Waals surface area contributed by atoms with Crippen LogP contribution in [0.25, 0.3) is 0 Å². The molecule has 0 saturated heterocycles. The Morgan fingerprint density at radius 2 is 1.89 bits per heavy atom. The Bertz CT molecular complexity index is 555. The lowest BCUT2D eigenvalue weighted by atomic mass is 10.2. The van der Waals surface area contributed by atoms with Crippen LogP contribution < -0.4 is 0 Å². The summed E-state index contributed by atoms with van der Waals surface area (Å²) >= 11 is 9.26. The molecule has 0 N–H and O–H groups in total. The van der Waals surface area contributed by atoms with Crippen LogP contribution in [0.15, 0.2) is 53.0 Å². The molecular formula is C14H10BrClO2. The third kappa shape index (κ3) is 3.34. The highest BCUT2D eigenvalue weighted by atomic mass is 79.9. The Morgan fingerprint density at radius 3 is 2.56 bits per heavy atom. The lowest BCUT2D eigenvalue weighted by Crippen LogP contribution is -2.05. The van der Waals surface area contributed by atoms with Gasteiger partial charge in [0.15, 0.2) is 0 Å². The molecule has 92 valence electrons. The fraction of sp³-hybridized carbons (Fsp3) is 0.0714. The van der Waals surface area contributed by atoms with Crippen LogP contribution in [0.4, 0.5) is 0 Å². The predicted molar refractivity (Wildman–Crippen MR) is 74.7 cm³/mol. The smallest absolute Gasteiger partial charge is 0.339 e. The number of hydrogen-bond acceptors (Lipinski definition) is 2. The molecule has 0 unspecified atom stereocenters. The number of halogens is 2. The second-order valence-electron chi connectivity index (χ2n) is 3.69. The molecule has 0 radical (unpaired) electrons. The molecule has 2 aromatic carbocycles. The second-order valence-corrected chi connectivity index (χ2v) is 5.01. The minimum atomic E-state index is -0.420. The van der Waals surface area contributed by atoms with Crippen molar-refractivity contribution in [3.63, 3.8) is 0 Å². The Morgan fingerprint density at radius 1 is 1.17 bits per heavy atom. The van der Waals surface area contributed by atoms with Crippen LogP contribution in [0.5, 0.6) is 0 Å². The Labute approximate surface area is 119 Å². The number of rotatable bonds is 3. The van der Waals surface area contributed by atoms with Gasteiger partial charge in [-0.15, -0.1) is 0 Å². The molecule has 0 aromatic heterocycles. The molecule has 2 rings (SSSR count). The SMILES string of the molecule is O=C(OCc1ccccc1)c1ccc(Br)cc1Cl. The van der Waals surface area contributed by atoms with Crippen LogP contribution in [0, 0.1) is 0 Å². The van der Waals surface area contributed by atoms with Gasteiger partial charge in [-0.1, -0.05) is 57.9 Å². The molecule has 0 bridgehead atoms. The van der Waals surface area contributed by atoms with Gasteiger partial charge in [0.2, 0.25) is 0 Å². The van der Waals surface area contributed by atoms with E-state index in [4.69, 9.17) is 16.3 Å². The maximum absolute atomic E-state index is 11.8. The van der Waals surface area contributed by atoms with Crippen molar-refractivity contribution >= 4 is 33.5 Å². The summed E-state index contributed by atoms with van der Waals surface area (Å²) in [6, 6.07) is 14.6. The fourth-order valence-electron chi connectivity index (χ4n) is 1.46. The molecule has 0 atom stereocenters. The average Bonchev–Trinajstić information content (AvgIpc) is 2.37. The van der Waals surface area contributed by atoms with Gasteiger partial charge < -0.3 is 4.74 Å². The molecule has 0 heterocycles. The summed E-state index contributed by atoms with van der Waals surface area (Å²) in [5.74, 6) is -0.420. The normalized spacial score (nSPS) is 10.1. The summed E-state index contributed by atoms with van der Waals surface area (Å²) in [5.41, 5.74) is 1.31. The van der Waals surface area contributed by atoms with Crippen LogP contribution in [0.2, 0.25) is 5.02 Å². The lowest BCUT2D eigenvalue weighted by molar-refractivity contribution is 0.0473. The van der Waals surface area contributed by atoms with E-state index in [1.165, 1.54) is 0 Å². The first-order chi connectivity index (χ1) is 8.66. The third-order valence-electron chi connectivity index (χ3n) is 2.36. The zero-order chi connectivity index (χ0) is 13.0. The van der Waals surface area contributed by atoms with Gasteiger partial charge in [0.1, 0.15) is 6.61 Å². The highest BCUT2D eigenvalue weighted by molar-refractivity contribution is 9.10. The van der Waals surface area contributed by atoms with E-state index in [-0.39, 0.29) is 6.61 Å².